The zero-order valence-electron chi connectivity index (χ0n) is 14.3. The molecule has 1 aromatic heterocycles. The fourth-order valence-corrected chi connectivity index (χ4v) is 4.02. The molecule has 0 spiro atoms. The zero-order valence-corrected chi connectivity index (χ0v) is 15.2. The molecular formula is C17H24N4O3S. The molecule has 0 aliphatic carbocycles. The van der Waals surface area contributed by atoms with Gasteiger partial charge in [-0.15, -0.1) is 0 Å². The van der Waals surface area contributed by atoms with Crippen LogP contribution in [0.5, 0.6) is 0 Å². The largest absolute Gasteiger partial charge is 0.379 e. The molecule has 136 valence electrons. The van der Waals surface area contributed by atoms with E-state index in [-0.39, 0.29) is 10.9 Å². The van der Waals surface area contributed by atoms with Crippen molar-refractivity contribution < 1.29 is 13.2 Å². The van der Waals surface area contributed by atoms with Crippen molar-refractivity contribution >= 4 is 10.0 Å². The lowest BCUT2D eigenvalue weighted by Crippen LogP contribution is -2.43. The Morgan fingerprint density at radius 2 is 1.96 bits per heavy atom. The summed E-state index contributed by atoms with van der Waals surface area (Å²) < 4.78 is 35.4. The number of hydrogen-bond donors (Lipinski definition) is 1. The topological polar surface area (TPSA) is 76.5 Å². The fourth-order valence-electron chi connectivity index (χ4n) is 2.85. The Balaban J connectivity index is 1.81. The van der Waals surface area contributed by atoms with Gasteiger partial charge in [-0.25, -0.2) is 13.1 Å². The Kier molecular flexibility index (Phi) is 5.85. The Labute approximate surface area is 148 Å². The van der Waals surface area contributed by atoms with Crippen molar-refractivity contribution in [3.8, 4) is 0 Å². The van der Waals surface area contributed by atoms with E-state index in [2.05, 4.69) is 14.7 Å². The molecule has 7 nitrogen and oxygen atoms in total. The third kappa shape index (κ3) is 4.66. The van der Waals surface area contributed by atoms with Gasteiger partial charge in [-0.05, 0) is 12.5 Å². The molecule has 25 heavy (non-hydrogen) atoms. The molecule has 0 unspecified atom stereocenters. The Morgan fingerprint density at radius 1 is 1.24 bits per heavy atom. The van der Waals surface area contributed by atoms with E-state index in [1.807, 2.05) is 37.3 Å². The maximum absolute atomic E-state index is 12.8. The van der Waals surface area contributed by atoms with Crippen molar-refractivity contribution in [2.24, 2.45) is 0 Å². The molecule has 0 amide bonds. The number of nitrogens with one attached hydrogen (secondary N) is 1. The lowest BCUT2D eigenvalue weighted by atomic mass is 10.1. The first-order chi connectivity index (χ1) is 12.1. The van der Waals surface area contributed by atoms with Gasteiger partial charge in [-0.1, -0.05) is 30.3 Å². The lowest BCUT2D eigenvalue weighted by Gasteiger charge is -2.30. The summed E-state index contributed by atoms with van der Waals surface area (Å²) in [5, 5.41) is 4.07. The summed E-state index contributed by atoms with van der Waals surface area (Å²) in [4.78, 5) is 2.41. The summed E-state index contributed by atoms with van der Waals surface area (Å²) >= 11 is 0. The van der Waals surface area contributed by atoms with Crippen molar-refractivity contribution in [1.29, 1.82) is 0 Å². The maximum atomic E-state index is 12.8. The fraction of sp³-hybridized carbons (Fsp3) is 0.471. The Bertz CT molecular complexity index is 770. The minimum Gasteiger partial charge on any atom is -0.379 e. The van der Waals surface area contributed by atoms with Crippen LogP contribution in [0.1, 0.15) is 18.5 Å². The third-order valence-electron chi connectivity index (χ3n) is 4.29. The summed E-state index contributed by atoms with van der Waals surface area (Å²) in [6, 6.07) is 9.34. The van der Waals surface area contributed by atoms with Crippen LogP contribution in [0.4, 0.5) is 0 Å². The second kappa shape index (κ2) is 8.09. The van der Waals surface area contributed by atoms with Gasteiger partial charge in [0.05, 0.1) is 25.5 Å². The van der Waals surface area contributed by atoms with Gasteiger partial charge in [0, 0.05) is 32.4 Å². The molecule has 0 saturated carbocycles. The van der Waals surface area contributed by atoms with Crippen molar-refractivity contribution in [3.63, 3.8) is 0 Å². The number of rotatable bonds is 7. The van der Waals surface area contributed by atoms with E-state index in [4.69, 9.17) is 4.74 Å². The molecule has 2 heterocycles. The molecule has 0 bridgehead atoms. The van der Waals surface area contributed by atoms with Gasteiger partial charge in [-0.2, -0.15) is 5.10 Å². The SMILES string of the molecule is CCn1cc(S(=O)(=O)N[C@@H](CN2CCOCC2)c2ccccc2)cn1. The molecular weight excluding hydrogens is 340 g/mol. The van der Waals surface area contributed by atoms with Crippen molar-refractivity contribution in [2.75, 3.05) is 32.8 Å². The molecule has 0 radical (unpaired) electrons. The minimum atomic E-state index is -3.64. The molecule has 1 aromatic carbocycles. The highest BCUT2D eigenvalue weighted by Gasteiger charge is 2.25. The highest BCUT2D eigenvalue weighted by atomic mass is 32.2. The molecule has 1 fully saturated rings. The van der Waals surface area contributed by atoms with Crippen LogP contribution < -0.4 is 4.72 Å². The van der Waals surface area contributed by atoms with E-state index in [0.717, 1.165) is 18.7 Å². The summed E-state index contributed by atoms with van der Waals surface area (Å²) in [6.07, 6.45) is 2.95. The monoisotopic (exact) mass is 364 g/mol. The molecule has 1 N–H and O–H groups in total. The van der Waals surface area contributed by atoms with E-state index in [1.54, 1.807) is 10.9 Å². The number of ether oxygens (including phenoxy) is 1. The van der Waals surface area contributed by atoms with Crippen LogP contribution >= 0.6 is 0 Å². The van der Waals surface area contributed by atoms with Crippen LogP contribution in [-0.4, -0.2) is 55.9 Å². The quantitative estimate of drug-likeness (QED) is 0.800. The minimum absolute atomic E-state index is 0.192. The molecule has 1 atom stereocenters. The molecule has 2 aromatic rings. The predicted molar refractivity (Wildman–Crippen MR) is 94.7 cm³/mol. The van der Waals surface area contributed by atoms with Gasteiger partial charge in [-0.3, -0.25) is 9.58 Å². The van der Waals surface area contributed by atoms with Gasteiger partial charge in [0.1, 0.15) is 4.90 Å². The average Bonchev–Trinajstić information content (AvgIpc) is 3.13. The van der Waals surface area contributed by atoms with Crippen LogP contribution in [0.3, 0.4) is 0 Å². The highest BCUT2D eigenvalue weighted by Crippen LogP contribution is 2.19. The predicted octanol–water partition coefficient (Wildman–Crippen LogP) is 1.25. The first kappa shape index (κ1) is 18.1. The smallest absolute Gasteiger partial charge is 0.244 e. The number of aromatic nitrogens is 2. The van der Waals surface area contributed by atoms with Crippen LogP contribution in [0, 0.1) is 0 Å². The van der Waals surface area contributed by atoms with Gasteiger partial charge in [0.2, 0.25) is 10.0 Å². The van der Waals surface area contributed by atoms with Crippen molar-refractivity contribution in [2.45, 2.75) is 24.4 Å². The number of hydrogen-bond acceptors (Lipinski definition) is 5. The molecule has 1 aliphatic rings. The maximum Gasteiger partial charge on any atom is 0.244 e. The number of nitrogens with zero attached hydrogens (tertiary/aromatic N) is 3. The van der Waals surface area contributed by atoms with Gasteiger partial charge in [0.15, 0.2) is 0 Å². The second-order valence-electron chi connectivity index (χ2n) is 6.03. The van der Waals surface area contributed by atoms with Crippen LogP contribution in [0.25, 0.3) is 0 Å². The van der Waals surface area contributed by atoms with Crippen LogP contribution in [0.2, 0.25) is 0 Å². The molecule has 3 rings (SSSR count). The normalized spacial score (nSPS) is 17.5. The summed E-state index contributed by atoms with van der Waals surface area (Å²) in [6.45, 7) is 6.12. The number of aryl methyl sites for hydroxylation is 1. The summed E-state index contributed by atoms with van der Waals surface area (Å²) in [5.74, 6) is 0. The summed E-state index contributed by atoms with van der Waals surface area (Å²) in [5.41, 5.74) is 0.945. The standard InChI is InChI=1S/C17H24N4O3S/c1-2-21-13-16(12-18-21)25(22,23)19-17(15-6-4-3-5-7-15)14-20-8-10-24-11-9-20/h3-7,12-13,17,19H,2,8-11,14H2,1H3/t17-/m0/s1. The lowest BCUT2D eigenvalue weighted by molar-refractivity contribution is 0.0345. The number of sulfonamides is 1. The van der Waals surface area contributed by atoms with Gasteiger partial charge < -0.3 is 4.74 Å². The molecule has 8 heteroatoms. The summed E-state index contributed by atoms with van der Waals surface area (Å²) in [7, 11) is -3.64. The Hall–Kier alpha value is -1.74. The first-order valence-electron chi connectivity index (χ1n) is 8.48. The first-order valence-corrected chi connectivity index (χ1v) is 9.96. The van der Waals surface area contributed by atoms with Gasteiger partial charge >= 0.3 is 0 Å². The van der Waals surface area contributed by atoms with Crippen LogP contribution in [-0.2, 0) is 21.3 Å². The van der Waals surface area contributed by atoms with Crippen molar-refractivity contribution in [3.05, 3.63) is 48.3 Å². The average molecular weight is 364 g/mol. The second-order valence-corrected chi connectivity index (χ2v) is 7.74. The van der Waals surface area contributed by atoms with E-state index >= 15 is 0 Å². The van der Waals surface area contributed by atoms with E-state index in [0.29, 0.717) is 26.3 Å². The van der Waals surface area contributed by atoms with E-state index in [9.17, 15) is 8.42 Å². The van der Waals surface area contributed by atoms with E-state index < -0.39 is 10.0 Å². The number of morpholine rings is 1. The third-order valence-corrected chi connectivity index (χ3v) is 5.71. The number of benzene rings is 1. The van der Waals surface area contributed by atoms with Crippen molar-refractivity contribution in [1.82, 2.24) is 19.4 Å². The van der Waals surface area contributed by atoms with E-state index in [1.165, 1.54) is 6.20 Å². The van der Waals surface area contributed by atoms with Crippen LogP contribution in [0.15, 0.2) is 47.6 Å². The Morgan fingerprint density at radius 3 is 2.60 bits per heavy atom. The molecule has 1 saturated heterocycles. The zero-order chi connectivity index (χ0) is 17.7. The highest BCUT2D eigenvalue weighted by molar-refractivity contribution is 7.89. The molecule has 1 aliphatic heterocycles. The van der Waals surface area contributed by atoms with Gasteiger partial charge in [0.25, 0.3) is 0 Å².